The van der Waals surface area contributed by atoms with Crippen LogP contribution in [-0.4, -0.2) is 5.91 Å². The molecule has 0 heterocycles. The predicted molar refractivity (Wildman–Crippen MR) is 58.8 cm³/mol. The highest BCUT2D eigenvalue weighted by Gasteiger charge is 2.29. The van der Waals surface area contributed by atoms with Crippen molar-refractivity contribution in [2.24, 2.45) is 17.1 Å². The highest BCUT2D eigenvalue weighted by atomic mass is 16.1. The zero-order valence-electron chi connectivity index (χ0n) is 9.51. The second-order valence-corrected chi connectivity index (χ2v) is 5.33. The first kappa shape index (κ1) is 11.5. The lowest BCUT2D eigenvalue weighted by Gasteiger charge is -2.37. The van der Waals surface area contributed by atoms with Gasteiger partial charge in [-0.1, -0.05) is 26.7 Å². The van der Waals surface area contributed by atoms with Crippen LogP contribution in [0.3, 0.4) is 0 Å². The van der Waals surface area contributed by atoms with Gasteiger partial charge in [0, 0.05) is 6.42 Å². The molecule has 0 aromatic carbocycles. The van der Waals surface area contributed by atoms with Crippen LogP contribution in [0, 0.1) is 11.3 Å². The van der Waals surface area contributed by atoms with E-state index in [4.69, 9.17) is 5.73 Å². The fourth-order valence-electron chi connectivity index (χ4n) is 2.84. The third-order valence-electron chi connectivity index (χ3n) is 3.52. The van der Waals surface area contributed by atoms with E-state index < -0.39 is 0 Å². The molecule has 0 bridgehead atoms. The fourth-order valence-corrected chi connectivity index (χ4v) is 2.84. The molecule has 1 aliphatic carbocycles. The molecule has 1 fully saturated rings. The minimum atomic E-state index is -0.155. The van der Waals surface area contributed by atoms with Crippen LogP contribution in [0.4, 0.5) is 0 Å². The van der Waals surface area contributed by atoms with E-state index >= 15 is 0 Å². The van der Waals surface area contributed by atoms with Crippen molar-refractivity contribution in [1.82, 2.24) is 0 Å². The van der Waals surface area contributed by atoms with Gasteiger partial charge in [0.1, 0.15) is 0 Å². The number of carbonyl (C=O) groups is 1. The predicted octanol–water partition coefficient (Wildman–Crippen LogP) is 2.86. The molecule has 82 valence electrons. The lowest BCUT2D eigenvalue weighted by atomic mass is 9.69. The third kappa shape index (κ3) is 3.69. The van der Waals surface area contributed by atoms with Crippen LogP contribution in [0.15, 0.2) is 0 Å². The van der Waals surface area contributed by atoms with Crippen molar-refractivity contribution in [1.29, 1.82) is 0 Å². The van der Waals surface area contributed by atoms with E-state index in [0.717, 1.165) is 12.3 Å². The molecule has 1 rings (SSSR count). The van der Waals surface area contributed by atoms with Gasteiger partial charge in [-0.3, -0.25) is 4.79 Å². The molecule has 0 aliphatic heterocycles. The van der Waals surface area contributed by atoms with Gasteiger partial charge in [-0.15, -0.1) is 0 Å². The van der Waals surface area contributed by atoms with E-state index in [-0.39, 0.29) is 5.91 Å². The van der Waals surface area contributed by atoms with Crippen LogP contribution in [0.25, 0.3) is 0 Å². The van der Waals surface area contributed by atoms with Gasteiger partial charge in [-0.25, -0.2) is 0 Å². The van der Waals surface area contributed by atoms with E-state index in [1.165, 1.54) is 32.1 Å². The average Bonchev–Trinajstić information content (AvgIpc) is 2.01. The minimum Gasteiger partial charge on any atom is -0.370 e. The second kappa shape index (κ2) is 4.81. The Balaban J connectivity index is 2.29. The Kier molecular flexibility index (Phi) is 3.97. The summed E-state index contributed by atoms with van der Waals surface area (Å²) in [6.07, 6.45) is 8.09. The molecule has 0 aromatic heterocycles. The molecule has 14 heavy (non-hydrogen) atoms. The second-order valence-electron chi connectivity index (χ2n) is 5.33. The summed E-state index contributed by atoms with van der Waals surface area (Å²) in [6, 6.07) is 0. The van der Waals surface area contributed by atoms with Crippen LogP contribution in [0.5, 0.6) is 0 Å². The fraction of sp³-hybridized carbons (Fsp3) is 0.917. The number of hydrogen-bond donors (Lipinski definition) is 1. The van der Waals surface area contributed by atoms with Crippen LogP contribution >= 0.6 is 0 Å². The van der Waals surface area contributed by atoms with Crippen molar-refractivity contribution in [2.75, 3.05) is 0 Å². The van der Waals surface area contributed by atoms with Crippen LogP contribution in [0.2, 0.25) is 0 Å². The molecule has 2 N–H and O–H groups in total. The third-order valence-corrected chi connectivity index (χ3v) is 3.52. The number of carbonyl (C=O) groups excluding carboxylic acids is 1. The zero-order valence-corrected chi connectivity index (χ0v) is 9.51. The molecule has 0 spiro atoms. The Bertz CT molecular complexity index is 202. The molecular formula is C12H23NO. The van der Waals surface area contributed by atoms with Crippen LogP contribution < -0.4 is 5.73 Å². The zero-order chi connectivity index (χ0) is 10.6. The van der Waals surface area contributed by atoms with Gasteiger partial charge in [-0.05, 0) is 37.0 Å². The van der Waals surface area contributed by atoms with E-state index in [1.54, 1.807) is 0 Å². The summed E-state index contributed by atoms with van der Waals surface area (Å²) in [7, 11) is 0. The Morgan fingerprint density at radius 2 is 2.29 bits per heavy atom. The number of rotatable bonds is 4. The van der Waals surface area contributed by atoms with Gasteiger partial charge in [-0.2, -0.15) is 0 Å². The van der Waals surface area contributed by atoms with Gasteiger partial charge < -0.3 is 5.73 Å². The van der Waals surface area contributed by atoms with E-state index in [1.807, 2.05) is 0 Å². The van der Waals surface area contributed by atoms with Crippen molar-refractivity contribution < 1.29 is 4.79 Å². The first-order valence-corrected chi connectivity index (χ1v) is 5.80. The lowest BCUT2D eigenvalue weighted by Crippen LogP contribution is -2.25. The molecule has 1 amide bonds. The molecule has 1 aliphatic rings. The molecule has 0 saturated heterocycles. The molecule has 2 nitrogen and oxygen atoms in total. The number of nitrogens with two attached hydrogens (primary N) is 1. The van der Waals surface area contributed by atoms with Gasteiger partial charge >= 0.3 is 0 Å². The van der Waals surface area contributed by atoms with Crippen molar-refractivity contribution in [3.05, 3.63) is 0 Å². The maximum absolute atomic E-state index is 10.6. The van der Waals surface area contributed by atoms with Crippen molar-refractivity contribution in [3.63, 3.8) is 0 Å². The van der Waals surface area contributed by atoms with Gasteiger partial charge in [0.15, 0.2) is 0 Å². The summed E-state index contributed by atoms with van der Waals surface area (Å²) < 4.78 is 0. The van der Waals surface area contributed by atoms with Gasteiger partial charge in [0.25, 0.3) is 0 Å². The van der Waals surface area contributed by atoms with Crippen LogP contribution in [0.1, 0.15) is 58.8 Å². The van der Waals surface area contributed by atoms with Gasteiger partial charge in [0.05, 0.1) is 0 Å². The number of amides is 1. The lowest BCUT2D eigenvalue weighted by molar-refractivity contribution is -0.118. The van der Waals surface area contributed by atoms with Crippen molar-refractivity contribution >= 4 is 5.91 Å². The Hall–Kier alpha value is -0.530. The molecule has 2 atom stereocenters. The summed E-state index contributed by atoms with van der Waals surface area (Å²) in [5.41, 5.74) is 5.62. The topological polar surface area (TPSA) is 43.1 Å². The van der Waals surface area contributed by atoms with E-state index in [0.29, 0.717) is 11.8 Å². The SMILES string of the molecule is CC1CCCC(C)(CCCC(N)=O)C1. The van der Waals surface area contributed by atoms with Crippen molar-refractivity contribution in [2.45, 2.75) is 58.8 Å². The average molecular weight is 197 g/mol. The maximum atomic E-state index is 10.6. The summed E-state index contributed by atoms with van der Waals surface area (Å²) >= 11 is 0. The Labute approximate surface area is 87.2 Å². The Morgan fingerprint density at radius 3 is 2.86 bits per heavy atom. The molecule has 0 aromatic rings. The first-order chi connectivity index (χ1) is 6.52. The number of primary amides is 1. The Morgan fingerprint density at radius 1 is 1.57 bits per heavy atom. The highest BCUT2D eigenvalue weighted by molar-refractivity contribution is 5.73. The van der Waals surface area contributed by atoms with Crippen molar-refractivity contribution in [3.8, 4) is 0 Å². The summed E-state index contributed by atoms with van der Waals surface area (Å²) in [5, 5.41) is 0. The molecular weight excluding hydrogens is 174 g/mol. The van der Waals surface area contributed by atoms with E-state index in [9.17, 15) is 4.79 Å². The van der Waals surface area contributed by atoms with E-state index in [2.05, 4.69) is 13.8 Å². The first-order valence-electron chi connectivity index (χ1n) is 5.80. The minimum absolute atomic E-state index is 0.155. The standard InChI is InChI=1S/C12H23NO/c1-10-5-3-7-12(2,9-10)8-4-6-11(13)14/h10H,3-9H2,1-2H3,(H2,13,14). The maximum Gasteiger partial charge on any atom is 0.217 e. The largest absolute Gasteiger partial charge is 0.370 e. The quantitative estimate of drug-likeness (QED) is 0.740. The van der Waals surface area contributed by atoms with Crippen LogP contribution in [-0.2, 0) is 4.79 Å². The smallest absolute Gasteiger partial charge is 0.217 e. The highest BCUT2D eigenvalue weighted by Crippen LogP contribution is 2.42. The molecule has 1 saturated carbocycles. The normalized spacial score (nSPS) is 32.9. The summed E-state index contributed by atoms with van der Waals surface area (Å²) in [4.78, 5) is 10.6. The summed E-state index contributed by atoms with van der Waals surface area (Å²) in [6.45, 7) is 4.70. The number of hydrogen-bond acceptors (Lipinski definition) is 1. The summed E-state index contributed by atoms with van der Waals surface area (Å²) in [5.74, 6) is 0.708. The monoisotopic (exact) mass is 197 g/mol. The molecule has 2 unspecified atom stereocenters. The molecule has 2 heteroatoms. The molecule has 0 radical (unpaired) electrons. The van der Waals surface area contributed by atoms with Gasteiger partial charge in [0.2, 0.25) is 5.91 Å².